The Morgan fingerprint density at radius 2 is 2.16 bits per heavy atom. The normalized spacial score (nSPS) is 21.3. The first-order valence-corrected chi connectivity index (χ1v) is 8.34. The molecule has 1 unspecified atom stereocenters. The summed E-state index contributed by atoms with van der Waals surface area (Å²) in [5.41, 5.74) is 0.882. The number of hydrogen-bond donors (Lipinski definition) is 2. The van der Waals surface area contributed by atoms with Gasteiger partial charge in [0, 0.05) is 24.8 Å². The van der Waals surface area contributed by atoms with E-state index in [1.54, 1.807) is 0 Å². The molecule has 2 heterocycles. The van der Waals surface area contributed by atoms with Crippen LogP contribution in [0.25, 0.3) is 0 Å². The Hall–Kier alpha value is -1.37. The standard InChI is InChI=1S/C12H20N4O2S/c1-3-13-12-15-9(2)6-11(16-12)14-7-10-4-5-19(17,18)8-10/h6,10H,3-5,7-8H2,1-2H3,(H2,13,14,15,16). The zero-order chi connectivity index (χ0) is 13.9. The molecule has 0 bridgehead atoms. The lowest BCUT2D eigenvalue weighted by molar-refractivity contribution is 0.595. The zero-order valence-electron chi connectivity index (χ0n) is 11.3. The summed E-state index contributed by atoms with van der Waals surface area (Å²) in [6.07, 6.45) is 0.736. The van der Waals surface area contributed by atoms with Crippen molar-refractivity contribution >= 4 is 21.6 Å². The van der Waals surface area contributed by atoms with Gasteiger partial charge in [-0.2, -0.15) is 4.98 Å². The monoisotopic (exact) mass is 284 g/mol. The van der Waals surface area contributed by atoms with E-state index in [2.05, 4.69) is 20.6 Å². The molecule has 1 aromatic heterocycles. The predicted molar refractivity (Wildman–Crippen MR) is 76.2 cm³/mol. The molecule has 7 heteroatoms. The number of sulfone groups is 1. The third-order valence-corrected chi connectivity index (χ3v) is 4.92. The average Bonchev–Trinajstić information content (AvgIpc) is 2.66. The molecule has 1 aromatic rings. The van der Waals surface area contributed by atoms with Crippen LogP contribution in [0.4, 0.5) is 11.8 Å². The molecule has 19 heavy (non-hydrogen) atoms. The highest BCUT2D eigenvalue weighted by Crippen LogP contribution is 2.19. The van der Waals surface area contributed by atoms with Gasteiger partial charge in [-0.3, -0.25) is 0 Å². The largest absolute Gasteiger partial charge is 0.370 e. The van der Waals surface area contributed by atoms with Gasteiger partial charge in [0.2, 0.25) is 5.95 Å². The maximum atomic E-state index is 11.4. The minimum atomic E-state index is -2.81. The van der Waals surface area contributed by atoms with E-state index in [4.69, 9.17) is 0 Å². The van der Waals surface area contributed by atoms with Crippen molar-refractivity contribution in [2.75, 3.05) is 35.2 Å². The first-order valence-electron chi connectivity index (χ1n) is 6.52. The molecule has 2 N–H and O–H groups in total. The quantitative estimate of drug-likeness (QED) is 0.841. The average molecular weight is 284 g/mol. The van der Waals surface area contributed by atoms with E-state index in [1.807, 2.05) is 19.9 Å². The molecule has 6 nitrogen and oxygen atoms in total. The number of aryl methyl sites for hydroxylation is 1. The Kier molecular flexibility index (Phi) is 4.24. The van der Waals surface area contributed by atoms with Crippen LogP contribution in [0.1, 0.15) is 19.0 Å². The van der Waals surface area contributed by atoms with Crippen LogP contribution in [0.15, 0.2) is 6.07 Å². The molecular formula is C12H20N4O2S. The summed E-state index contributed by atoms with van der Waals surface area (Å²) >= 11 is 0. The highest BCUT2D eigenvalue weighted by Gasteiger charge is 2.27. The summed E-state index contributed by atoms with van der Waals surface area (Å²) in [5.74, 6) is 2.12. The Balaban J connectivity index is 1.96. The second-order valence-electron chi connectivity index (χ2n) is 4.90. The Morgan fingerprint density at radius 3 is 2.79 bits per heavy atom. The van der Waals surface area contributed by atoms with Crippen molar-refractivity contribution in [1.29, 1.82) is 0 Å². The van der Waals surface area contributed by atoms with E-state index < -0.39 is 9.84 Å². The molecule has 1 aliphatic rings. The van der Waals surface area contributed by atoms with E-state index in [1.165, 1.54) is 0 Å². The van der Waals surface area contributed by atoms with Gasteiger partial charge in [0.15, 0.2) is 9.84 Å². The van der Waals surface area contributed by atoms with Crippen molar-refractivity contribution in [2.24, 2.45) is 5.92 Å². The van der Waals surface area contributed by atoms with Gasteiger partial charge in [-0.25, -0.2) is 13.4 Å². The Labute approximate surface area is 114 Å². The van der Waals surface area contributed by atoms with Gasteiger partial charge in [0.05, 0.1) is 11.5 Å². The molecule has 1 saturated heterocycles. The number of rotatable bonds is 5. The molecular weight excluding hydrogens is 264 g/mol. The van der Waals surface area contributed by atoms with E-state index in [0.717, 1.165) is 24.5 Å². The molecule has 0 spiro atoms. The summed E-state index contributed by atoms with van der Waals surface area (Å²) in [6, 6.07) is 1.87. The highest BCUT2D eigenvalue weighted by molar-refractivity contribution is 7.91. The second-order valence-corrected chi connectivity index (χ2v) is 7.13. The fourth-order valence-corrected chi connectivity index (χ4v) is 4.04. The molecule has 0 aromatic carbocycles. The molecule has 1 fully saturated rings. The SMILES string of the molecule is CCNc1nc(C)cc(NCC2CCS(=O)(=O)C2)n1. The van der Waals surface area contributed by atoms with Crippen molar-refractivity contribution in [3.8, 4) is 0 Å². The molecule has 0 radical (unpaired) electrons. The summed E-state index contributed by atoms with van der Waals surface area (Å²) in [7, 11) is -2.81. The lowest BCUT2D eigenvalue weighted by atomic mass is 10.1. The minimum Gasteiger partial charge on any atom is -0.370 e. The summed E-state index contributed by atoms with van der Waals surface area (Å²) < 4.78 is 22.8. The first kappa shape index (κ1) is 14.0. The van der Waals surface area contributed by atoms with Crippen molar-refractivity contribution < 1.29 is 8.42 Å². The fraction of sp³-hybridized carbons (Fsp3) is 0.667. The third-order valence-electron chi connectivity index (χ3n) is 3.09. The number of hydrogen-bond acceptors (Lipinski definition) is 6. The van der Waals surface area contributed by atoms with Crippen LogP contribution in [0, 0.1) is 12.8 Å². The smallest absolute Gasteiger partial charge is 0.224 e. The maximum Gasteiger partial charge on any atom is 0.224 e. The second kappa shape index (κ2) is 5.73. The molecule has 0 amide bonds. The topological polar surface area (TPSA) is 84.0 Å². The molecule has 1 aliphatic heterocycles. The van der Waals surface area contributed by atoms with Gasteiger partial charge in [0.25, 0.3) is 0 Å². The lowest BCUT2D eigenvalue weighted by Gasteiger charge is -2.11. The first-order chi connectivity index (χ1) is 8.98. The van der Waals surface area contributed by atoms with Crippen LogP contribution in [0.3, 0.4) is 0 Å². The molecule has 106 valence electrons. The van der Waals surface area contributed by atoms with Gasteiger partial charge in [0.1, 0.15) is 5.82 Å². The van der Waals surface area contributed by atoms with Crippen LogP contribution in [0.5, 0.6) is 0 Å². The Bertz CT molecular complexity index is 545. The molecule has 2 rings (SSSR count). The molecule has 1 atom stereocenters. The number of nitrogens with one attached hydrogen (secondary N) is 2. The van der Waals surface area contributed by atoms with Crippen LogP contribution in [-0.4, -0.2) is 43.0 Å². The summed E-state index contributed by atoms with van der Waals surface area (Å²) in [6.45, 7) is 5.31. The minimum absolute atomic E-state index is 0.183. The van der Waals surface area contributed by atoms with E-state index in [9.17, 15) is 8.42 Å². The van der Waals surface area contributed by atoms with Crippen molar-refractivity contribution in [3.05, 3.63) is 11.8 Å². The Morgan fingerprint density at radius 1 is 1.37 bits per heavy atom. The molecule has 0 aliphatic carbocycles. The van der Waals surface area contributed by atoms with Crippen molar-refractivity contribution in [1.82, 2.24) is 9.97 Å². The van der Waals surface area contributed by atoms with E-state index in [0.29, 0.717) is 18.2 Å². The van der Waals surface area contributed by atoms with Gasteiger partial charge < -0.3 is 10.6 Å². The number of nitrogens with zero attached hydrogens (tertiary/aromatic N) is 2. The summed E-state index contributed by atoms with van der Waals surface area (Å²) in [5, 5.41) is 6.28. The van der Waals surface area contributed by atoms with Gasteiger partial charge >= 0.3 is 0 Å². The summed E-state index contributed by atoms with van der Waals surface area (Å²) in [4.78, 5) is 8.61. The van der Waals surface area contributed by atoms with Crippen molar-refractivity contribution in [2.45, 2.75) is 20.3 Å². The fourth-order valence-electron chi connectivity index (χ4n) is 2.18. The third kappa shape index (κ3) is 4.05. The van der Waals surface area contributed by atoms with Crippen LogP contribution < -0.4 is 10.6 Å². The molecule has 0 saturated carbocycles. The maximum absolute atomic E-state index is 11.4. The van der Waals surface area contributed by atoms with Gasteiger partial charge in [-0.05, 0) is 26.2 Å². The lowest BCUT2D eigenvalue weighted by Crippen LogP contribution is -2.17. The van der Waals surface area contributed by atoms with E-state index >= 15 is 0 Å². The van der Waals surface area contributed by atoms with Crippen LogP contribution >= 0.6 is 0 Å². The van der Waals surface area contributed by atoms with Gasteiger partial charge in [-0.1, -0.05) is 0 Å². The van der Waals surface area contributed by atoms with Crippen LogP contribution in [0.2, 0.25) is 0 Å². The van der Waals surface area contributed by atoms with Gasteiger partial charge in [-0.15, -0.1) is 0 Å². The zero-order valence-corrected chi connectivity index (χ0v) is 12.1. The van der Waals surface area contributed by atoms with Crippen molar-refractivity contribution in [3.63, 3.8) is 0 Å². The number of anilines is 2. The number of aromatic nitrogens is 2. The predicted octanol–water partition coefficient (Wildman–Crippen LogP) is 1.06. The van der Waals surface area contributed by atoms with Crippen LogP contribution in [-0.2, 0) is 9.84 Å². The highest BCUT2D eigenvalue weighted by atomic mass is 32.2. The van der Waals surface area contributed by atoms with E-state index in [-0.39, 0.29) is 11.7 Å².